The number of carbonyl (C=O) groups excluding carboxylic acids is 1. The Morgan fingerprint density at radius 1 is 1.21 bits per heavy atom. The number of rotatable bonds is 5. The summed E-state index contributed by atoms with van der Waals surface area (Å²) in [7, 11) is 1.60. The number of aryl methyl sites for hydroxylation is 1. The van der Waals surface area contributed by atoms with Crippen molar-refractivity contribution in [3.63, 3.8) is 0 Å². The second kappa shape index (κ2) is 6.00. The van der Waals surface area contributed by atoms with Crippen molar-refractivity contribution in [1.82, 2.24) is 0 Å². The summed E-state index contributed by atoms with van der Waals surface area (Å²) in [6.07, 6.45) is 2.29. The van der Waals surface area contributed by atoms with Crippen LogP contribution in [0.15, 0.2) is 48.7 Å². The Balaban J connectivity index is 1.99. The monoisotopic (exact) mass is 257 g/mol. The third-order valence-electron chi connectivity index (χ3n) is 2.97. The average Bonchev–Trinajstić information content (AvgIpc) is 2.46. The van der Waals surface area contributed by atoms with Crippen LogP contribution in [0.2, 0.25) is 0 Å². The van der Waals surface area contributed by atoms with E-state index in [-0.39, 0.29) is 5.78 Å². The SMILES string of the molecule is COc1ccc(C(=O)CC[n+]2ccccc2N)cc1. The number of methoxy groups -OCH3 is 1. The van der Waals surface area contributed by atoms with E-state index in [9.17, 15) is 4.79 Å². The molecule has 0 atom stereocenters. The molecule has 0 saturated heterocycles. The molecule has 0 fully saturated rings. The number of pyridine rings is 1. The lowest BCUT2D eigenvalue weighted by molar-refractivity contribution is -0.681. The van der Waals surface area contributed by atoms with Crippen LogP contribution in [0.5, 0.6) is 5.75 Å². The molecule has 0 bridgehead atoms. The molecule has 4 heteroatoms. The summed E-state index contributed by atoms with van der Waals surface area (Å²) in [4.78, 5) is 12.0. The molecular weight excluding hydrogens is 240 g/mol. The molecular formula is C15H17N2O2+. The Morgan fingerprint density at radius 3 is 2.58 bits per heavy atom. The molecule has 19 heavy (non-hydrogen) atoms. The normalized spacial score (nSPS) is 10.2. The standard InChI is InChI=1S/C15H16N2O2/c1-19-13-7-5-12(6-8-13)14(18)9-11-17-10-3-2-4-15(17)16/h2-8,10,16H,9,11H2,1H3/p+1. The molecule has 2 aromatic rings. The number of anilines is 1. The number of ether oxygens (including phenoxy) is 1. The Bertz CT molecular complexity index is 565. The fraction of sp³-hybridized carbons (Fsp3) is 0.200. The summed E-state index contributed by atoms with van der Waals surface area (Å²) in [5.41, 5.74) is 6.51. The van der Waals surface area contributed by atoms with Gasteiger partial charge < -0.3 is 4.74 Å². The molecule has 0 aliphatic heterocycles. The smallest absolute Gasteiger partial charge is 0.272 e. The van der Waals surface area contributed by atoms with Gasteiger partial charge in [0.1, 0.15) is 5.75 Å². The van der Waals surface area contributed by atoms with Crippen LogP contribution in [0.4, 0.5) is 5.82 Å². The third kappa shape index (κ3) is 3.31. The zero-order valence-electron chi connectivity index (χ0n) is 10.9. The molecule has 2 N–H and O–H groups in total. The van der Waals surface area contributed by atoms with E-state index in [4.69, 9.17) is 10.5 Å². The minimum Gasteiger partial charge on any atom is -0.497 e. The Kier molecular flexibility index (Phi) is 4.13. The lowest BCUT2D eigenvalue weighted by Crippen LogP contribution is -2.37. The molecule has 0 unspecified atom stereocenters. The molecule has 2 rings (SSSR count). The summed E-state index contributed by atoms with van der Waals surface area (Å²) in [5, 5.41) is 0. The van der Waals surface area contributed by atoms with Gasteiger partial charge in [-0.3, -0.25) is 10.5 Å². The van der Waals surface area contributed by atoms with Crippen LogP contribution in [0.1, 0.15) is 16.8 Å². The number of aromatic nitrogens is 1. The first-order valence-electron chi connectivity index (χ1n) is 6.12. The average molecular weight is 257 g/mol. The molecule has 0 saturated carbocycles. The first-order valence-corrected chi connectivity index (χ1v) is 6.12. The van der Waals surface area contributed by atoms with Gasteiger partial charge >= 0.3 is 0 Å². The van der Waals surface area contributed by atoms with Crippen molar-refractivity contribution in [3.05, 3.63) is 54.2 Å². The largest absolute Gasteiger partial charge is 0.497 e. The van der Waals surface area contributed by atoms with Gasteiger partial charge in [0.2, 0.25) is 0 Å². The maximum atomic E-state index is 12.0. The van der Waals surface area contributed by atoms with Crippen molar-refractivity contribution in [2.75, 3.05) is 12.8 Å². The van der Waals surface area contributed by atoms with Crippen LogP contribution in [0.25, 0.3) is 0 Å². The van der Waals surface area contributed by atoms with E-state index in [0.29, 0.717) is 24.3 Å². The second-order valence-electron chi connectivity index (χ2n) is 4.22. The van der Waals surface area contributed by atoms with E-state index < -0.39 is 0 Å². The highest BCUT2D eigenvalue weighted by Crippen LogP contribution is 2.12. The van der Waals surface area contributed by atoms with E-state index in [1.54, 1.807) is 31.4 Å². The predicted octanol–water partition coefficient (Wildman–Crippen LogP) is 1.84. The number of nitrogens with zero attached hydrogens (tertiary/aromatic N) is 1. The summed E-state index contributed by atoms with van der Waals surface area (Å²) in [6.45, 7) is 0.581. The zero-order chi connectivity index (χ0) is 13.7. The second-order valence-corrected chi connectivity index (χ2v) is 4.22. The molecule has 0 aliphatic carbocycles. The van der Waals surface area contributed by atoms with Crippen LogP contribution in [-0.4, -0.2) is 12.9 Å². The quantitative estimate of drug-likeness (QED) is 0.657. The summed E-state index contributed by atoms with van der Waals surface area (Å²) >= 11 is 0. The lowest BCUT2D eigenvalue weighted by atomic mass is 10.1. The molecule has 1 aromatic carbocycles. The minimum absolute atomic E-state index is 0.0957. The number of ketones is 1. The van der Waals surface area contributed by atoms with E-state index in [1.165, 1.54) is 0 Å². The Morgan fingerprint density at radius 2 is 1.95 bits per heavy atom. The highest BCUT2D eigenvalue weighted by Gasteiger charge is 2.09. The van der Waals surface area contributed by atoms with Crippen LogP contribution in [-0.2, 0) is 6.54 Å². The van der Waals surface area contributed by atoms with Crippen molar-refractivity contribution in [2.24, 2.45) is 0 Å². The fourth-order valence-corrected chi connectivity index (χ4v) is 1.84. The van der Waals surface area contributed by atoms with Crippen molar-refractivity contribution in [2.45, 2.75) is 13.0 Å². The molecule has 4 nitrogen and oxygen atoms in total. The molecule has 0 radical (unpaired) electrons. The lowest BCUT2D eigenvalue weighted by Gasteiger charge is -2.04. The van der Waals surface area contributed by atoms with E-state index in [2.05, 4.69) is 0 Å². The van der Waals surface area contributed by atoms with Gasteiger partial charge in [0, 0.05) is 18.1 Å². The molecule has 1 aromatic heterocycles. The van der Waals surface area contributed by atoms with E-state index in [1.807, 2.05) is 29.0 Å². The van der Waals surface area contributed by atoms with E-state index in [0.717, 1.165) is 5.75 Å². The van der Waals surface area contributed by atoms with Crippen LogP contribution < -0.4 is 15.0 Å². The van der Waals surface area contributed by atoms with E-state index >= 15 is 0 Å². The van der Waals surface area contributed by atoms with Crippen molar-refractivity contribution >= 4 is 11.6 Å². The first kappa shape index (κ1) is 13.1. The number of carbonyl (C=O) groups is 1. The number of nitrogen functional groups attached to an aromatic ring is 1. The minimum atomic E-state index is 0.0957. The van der Waals surface area contributed by atoms with Gasteiger partial charge in [-0.25, -0.2) is 4.57 Å². The predicted molar refractivity (Wildman–Crippen MR) is 73.0 cm³/mol. The molecule has 0 spiro atoms. The van der Waals surface area contributed by atoms with Gasteiger partial charge in [-0.1, -0.05) is 6.07 Å². The van der Waals surface area contributed by atoms with Gasteiger partial charge in [-0.2, -0.15) is 0 Å². The number of hydrogen-bond acceptors (Lipinski definition) is 3. The first-order chi connectivity index (χ1) is 9.20. The molecule has 0 aliphatic rings. The number of nitrogens with two attached hydrogens (primary N) is 1. The molecule has 1 heterocycles. The van der Waals surface area contributed by atoms with Crippen molar-refractivity contribution in [3.8, 4) is 5.75 Å². The highest BCUT2D eigenvalue weighted by atomic mass is 16.5. The summed E-state index contributed by atoms with van der Waals surface area (Å²) < 4.78 is 6.92. The number of hydrogen-bond donors (Lipinski definition) is 1. The zero-order valence-corrected chi connectivity index (χ0v) is 10.9. The van der Waals surface area contributed by atoms with Gasteiger partial charge in [-0.05, 0) is 30.3 Å². The maximum Gasteiger partial charge on any atom is 0.272 e. The van der Waals surface area contributed by atoms with Crippen LogP contribution >= 0.6 is 0 Å². The van der Waals surface area contributed by atoms with Gasteiger partial charge in [0.05, 0.1) is 19.9 Å². The topological polar surface area (TPSA) is 56.2 Å². The summed E-state index contributed by atoms with van der Waals surface area (Å²) in [6, 6.07) is 12.7. The van der Waals surface area contributed by atoms with Gasteiger partial charge in [0.15, 0.2) is 5.78 Å². The molecule has 0 amide bonds. The van der Waals surface area contributed by atoms with Crippen LogP contribution in [0.3, 0.4) is 0 Å². The fourth-order valence-electron chi connectivity index (χ4n) is 1.84. The van der Waals surface area contributed by atoms with Gasteiger partial charge in [0.25, 0.3) is 5.82 Å². The van der Waals surface area contributed by atoms with Crippen LogP contribution in [0, 0.1) is 0 Å². The van der Waals surface area contributed by atoms with Crippen molar-refractivity contribution < 1.29 is 14.1 Å². The van der Waals surface area contributed by atoms with Crippen molar-refractivity contribution in [1.29, 1.82) is 0 Å². The maximum absolute atomic E-state index is 12.0. The number of benzene rings is 1. The number of Topliss-reactive ketones (excluding diaryl/α,β-unsaturated/α-hetero) is 1. The third-order valence-corrected chi connectivity index (χ3v) is 2.97. The molecule has 98 valence electrons. The highest BCUT2D eigenvalue weighted by molar-refractivity contribution is 5.96. The van der Waals surface area contributed by atoms with Gasteiger partial charge in [-0.15, -0.1) is 0 Å². The Labute approximate surface area is 112 Å². The summed E-state index contributed by atoms with van der Waals surface area (Å²) in [5.74, 6) is 1.50. The Hall–Kier alpha value is -2.36.